The van der Waals surface area contributed by atoms with Crippen LogP contribution in [0.15, 0.2) is 59.4 Å². The smallest absolute Gasteiger partial charge is 0.220 e. The van der Waals surface area contributed by atoms with E-state index in [0.717, 1.165) is 16.9 Å². The number of nitrogens with zero attached hydrogens (tertiary/aromatic N) is 2. The van der Waals surface area contributed by atoms with Crippen molar-refractivity contribution in [1.29, 1.82) is 0 Å². The van der Waals surface area contributed by atoms with Crippen LogP contribution in [0.2, 0.25) is 0 Å². The molecule has 25 heavy (non-hydrogen) atoms. The van der Waals surface area contributed by atoms with E-state index >= 15 is 0 Å². The van der Waals surface area contributed by atoms with E-state index in [1.807, 2.05) is 50.2 Å². The van der Waals surface area contributed by atoms with Gasteiger partial charge in [-0.2, -0.15) is 0 Å². The number of nitrogens with one attached hydrogen (secondary N) is 1. The quantitative estimate of drug-likeness (QED) is 0.743. The van der Waals surface area contributed by atoms with Gasteiger partial charge in [-0.05, 0) is 25.5 Å². The van der Waals surface area contributed by atoms with Gasteiger partial charge in [0.15, 0.2) is 11.7 Å². The molecule has 0 radical (unpaired) electrons. The van der Waals surface area contributed by atoms with Crippen molar-refractivity contribution in [2.75, 3.05) is 0 Å². The van der Waals surface area contributed by atoms with Crippen LogP contribution in [0.25, 0.3) is 11.3 Å². The Hall–Kier alpha value is -2.95. The minimum absolute atomic E-state index is 0.0357. The number of pyridine rings is 1. The highest BCUT2D eigenvalue weighted by molar-refractivity contribution is 5.76. The number of benzene rings is 1. The molecule has 0 fully saturated rings. The first-order valence-corrected chi connectivity index (χ1v) is 8.33. The van der Waals surface area contributed by atoms with Crippen LogP contribution in [0.3, 0.4) is 0 Å². The highest BCUT2D eigenvalue weighted by Gasteiger charge is 2.12. The molecule has 0 aliphatic heterocycles. The lowest BCUT2D eigenvalue weighted by Gasteiger charge is -2.13. The SMILES string of the molecule is Cc1ccc(-c2cnc(CCC(=O)NC(C)c3cccnc3)o2)cc1. The van der Waals surface area contributed by atoms with Crippen LogP contribution < -0.4 is 5.32 Å². The van der Waals surface area contributed by atoms with E-state index in [9.17, 15) is 4.79 Å². The highest BCUT2D eigenvalue weighted by Crippen LogP contribution is 2.21. The van der Waals surface area contributed by atoms with E-state index in [1.165, 1.54) is 5.56 Å². The van der Waals surface area contributed by atoms with E-state index in [4.69, 9.17) is 4.42 Å². The molecule has 1 atom stereocenters. The number of carbonyl (C=O) groups excluding carboxylic acids is 1. The lowest BCUT2D eigenvalue weighted by Crippen LogP contribution is -2.26. The molecule has 1 aromatic carbocycles. The van der Waals surface area contributed by atoms with E-state index in [-0.39, 0.29) is 11.9 Å². The fraction of sp³-hybridized carbons (Fsp3) is 0.250. The molecule has 0 spiro atoms. The van der Waals surface area contributed by atoms with Gasteiger partial charge >= 0.3 is 0 Å². The van der Waals surface area contributed by atoms with Crippen LogP contribution in [-0.4, -0.2) is 15.9 Å². The Labute approximate surface area is 147 Å². The summed E-state index contributed by atoms with van der Waals surface area (Å²) in [5, 5.41) is 2.96. The van der Waals surface area contributed by atoms with E-state index < -0.39 is 0 Å². The Morgan fingerprint density at radius 1 is 1.20 bits per heavy atom. The van der Waals surface area contributed by atoms with Gasteiger partial charge in [0, 0.05) is 30.8 Å². The van der Waals surface area contributed by atoms with E-state index in [1.54, 1.807) is 18.6 Å². The van der Waals surface area contributed by atoms with Crippen LogP contribution in [0.4, 0.5) is 0 Å². The normalized spacial score (nSPS) is 11.9. The zero-order chi connectivity index (χ0) is 17.6. The Kier molecular flexibility index (Phi) is 5.23. The van der Waals surface area contributed by atoms with Gasteiger partial charge in [0.1, 0.15) is 0 Å². The lowest BCUT2D eigenvalue weighted by molar-refractivity contribution is -0.121. The molecular formula is C20H21N3O2. The number of amides is 1. The largest absolute Gasteiger partial charge is 0.441 e. The number of hydrogen-bond acceptors (Lipinski definition) is 4. The predicted octanol–water partition coefficient (Wildman–Crippen LogP) is 3.86. The molecule has 0 aliphatic rings. The summed E-state index contributed by atoms with van der Waals surface area (Å²) in [4.78, 5) is 20.4. The van der Waals surface area contributed by atoms with Crippen molar-refractivity contribution in [2.45, 2.75) is 32.7 Å². The topological polar surface area (TPSA) is 68.0 Å². The highest BCUT2D eigenvalue weighted by atomic mass is 16.4. The molecule has 0 saturated carbocycles. The molecule has 2 heterocycles. The van der Waals surface area contributed by atoms with Crippen LogP contribution >= 0.6 is 0 Å². The number of rotatable bonds is 6. The molecule has 1 N–H and O–H groups in total. The third kappa shape index (κ3) is 4.53. The monoisotopic (exact) mass is 335 g/mol. The Balaban J connectivity index is 1.53. The summed E-state index contributed by atoms with van der Waals surface area (Å²) < 4.78 is 5.75. The second-order valence-electron chi connectivity index (χ2n) is 6.06. The maximum atomic E-state index is 12.1. The van der Waals surface area contributed by atoms with Crippen LogP contribution in [0, 0.1) is 6.92 Å². The molecule has 0 aliphatic carbocycles. The number of aryl methyl sites for hydroxylation is 2. The van der Waals surface area contributed by atoms with Gasteiger partial charge in [-0.3, -0.25) is 9.78 Å². The van der Waals surface area contributed by atoms with E-state index in [0.29, 0.717) is 18.7 Å². The molecule has 3 aromatic rings. The fourth-order valence-corrected chi connectivity index (χ4v) is 2.53. The first-order valence-electron chi connectivity index (χ1n) is 8.33. The van der Waals surface area contributed by atoms with Crippen molar-refractivity contribution in [2.24, 2.45) is 0 Å². The number of aromatic nitrogens is 2. The molecule has 5 nitrogen and oxygen atoms in total. The van der Waals surface area contributed by atoms with Crippen molar-refractivity contribution in [1.82, 2.24) is 15.3 Å². The standard InChI is InChI=1S/C20H21N3O2/c1-14-5-7-16(8-6-14)18-13-22-20(25-18)10-9-19(24)23-15(2)17-4-3-11-21-12-17/h3-8,11-13,15H,9-10H2,1-2H3,(H,23,24). The average molecular weight is 335 g/mol. The first-order chi connectivity index (χ1) is 12.1. The Morgan fingerprint density at radius 3 is 2.72 bits per heavy atom. The molecule has 3 rings (SSSR count). The molecule has 0 saturated heterocycles. The van der Waals surface area contributed by atoms with Crippen molar-refractivity contribution < 1.29 is 9.21 Å². The van der Waals surface area contributed by atoms with Crippen LogP contribution in [-0.2, 0) is 11.2 Å². The third-order valence-electron chi connectivity index (χ3n) is 4.02. The number of hydrogen-bond donors (Lipinski definition) is 1. The fourth-order valence-electron chi connectivity index (χ4n) is 2.53. The summed E-state index contributed by atoms with van der Waals surface area (Å²) in [6.45, 7) is 3.98. The molecule has 5 heteroatoms. The van der Waals surface area contributed by atoms with Crippen molar-refractivity contribution in [3.05, 3.63) is 72.0 Å². The molecule has 128 valence electrons. The zero-order valence-electron chi connectivity index (χ0n) is 14.4. The molecule has 1 unspecified atom stereocenters. The van der Waals surface area contributed by atoms with Crippen LogP contribution in [0.5, 0.6) is 0 Å². The van der Waals surface area contributed by atoms with Crippen LogP contribution in [0.1, 0.15) is 36.4 Å². The van der Waals surface area contributed by atoms with Gasteiger partial charge in [0.2, 0.25) is 5.91 Å². The Morgan fingerprint density at radius 2 is 2.00 bits per heavy atom. The second-order valence-corrected chi connectivity index (χ2v) is 6.06. The van der Waals surface area contributed by atoms with Gasteiger partial charge in [-0.15, -0.1) is 0 Å². The number of carbonyl (C=O) groups is 1. The summed E-state index contributed by atoms with van der Waals surface area (Å²) in [7, 11) is 0. The molecule has 2 aromatic heterocycles. The van der Waals surface area contributed by atoms with Gasteiger partial charge in [-0.25, -0.2) is 4.98 Å². The van der Waals surface area contributed by atoms with Crippen molar-refractivity contribution in [3.63, 3.8) is 0 Å². The van der Waals surface area contributed by atoms with Crippen molar-refractivity contribution in [3.8, 4) is 11.3 Å². The summed E-state index contributed by atoms with van der Waals surface area (Å²) in [5.74, 6) is 1.25. The maximum absolute atomic E-state index is 12.1. The van der Waals surface area contributed by atoms with E-state index in [2.05, 4.69) is 15.3 Å². The molecular weight excluding hydrogens is 314 g/mol. The summed E-state index contributed by atoms with van der Waals surface area (Å²) in [5.41, 5.74) is 3.16. The van der Waals surface area contributed by atoms with Gasteiger partial charge in [-0.1, -0.05) is 35.9 Å². The van der Waals surface area contributed by atoms with Gasteiger partial charge in [0.05, 0.1) is 12.2 Å². The lowest BCUT2D eigenvalue weighted by atomic mass is 10.1. The summed E-state index contributed by atoms with van der Waals surface area (Å²) in [6.07, 6.45) is 5.98. The average Bonchev–Trinajstić information content (AvgIpc) is 3.10. The minimum Gasteiger partial charge on any atom is -0.441 e. The minimum atomic E-state index is -0.0751. The van der Waals surface area contributed by atoms with Gasteiger partial charge < -0.3 is 9.73 Å². The molecule has 0 bridgehead atoms. The van der Waals surface area contributed by atoms with Gasteiger partial charge in [0.25, 0.3) is 0 Å². The summed E-state index contributed by atoms with van der Waals surface area (Å²) >= 11 is 0. The maximum Gasteiger partial charge on any atom is 0.220 e. The zero-order valence-corrected chi connectivity index (χ0v) is 14.4. The Bertz CT molecular complexity index is 826. The molecule has 1 amide bonds. The first kappa shape index (κ1) is 16.9. The summed E-state index contributed by atoms with van der Waals surface area (Å²) in [6, 6.07) is 11.8. The predicted molar refractivity (Wildman–Crippen MR) is 95.8 cm³/mol. The number of oxazole rings is 1. The third-order valence-corrected chi connectivity index (χ3v) is 4.02. The second kappa shape index (κ2) is 7.75. The van der Waals surface area contributed by atoms with Crippen molar-refractivity contribution >= 4 is 5.91 Å².